The SMILES string of the molecule is OCCc1ncc2n1CCN(c1ncc(C(F)(F)F)cn1)C2. The van der Waals surface area contributed by atoms with E-state index in [4.69, 9.17) is 5.11 Å². The van der Waals surface area contributed by atoms with E-state index in [0.717, 1.165) is 23.9 Å². The van der Waals surface area contributed by atoms with Gasteiger partial charge in [0.1, 0.15) is 5.82 Å². The quantitative estimate of drug-likeness (QED) is 0.924. The molecular weight excluding hydrogens is 299 g/mol. The second-order valence-corrected chi connectivity index (χ2v) is 4.98. The molecule has 0 bridgehead atoms. The summed E-state index contributed by atoms with van der Waals surface area (Å²) in [7, 11) is 0. The lowest BCUT2D eigenvalue weighted by Gasteiger charge is -2.29. The normalized spacial score (nSPS) is 15.0. The van der Waals surface area contributed by atoms with Crippen molar-refractivity contribution in [1.82, 2.24) is 19.5 Å². The number of imidazole rings is 1. The van der Waals surface area contributed by atoms with Crippen molar-refractivity contribution in [2.24, 2.45) is 0 Å². The maximum atomic E-state index is 12.5. The first kappa shape index (κ1) is 14.8. The Hall–Kier alpha value is -2.16. The zero-order valence-corrected chi connectivity index (χ0v) is 11.6. The summed E-state index contributed by atoms with van der Waals surface area (Å²) in [5.74, 6) is 1.08. The van der Waals surface area contributed by atoms with Gasteiger partial charge in [0.15, 0.2) is 0 Å². The third-order valence-electron chi connectivity index (χ3n) is 3.55. The summed E-state index contributed by atoms with van der Waals surface area (Å²) in [6, 6.07) is 0. The number of aliphatic hydroxyl groups is 1. The highest BCUT2D eigenvalue weighted by Gasteiger charge is 2.31. The maximum Gasteiger partial charge on any atom is 0.419 e. The maximum absolute atomic E-state index is 12.5. The van der Waals surface area contributed by atoms with Crippen LogP contribution < -0.4 is 4.90 Å². The van der Waals surface area contributed by atoms with Gasteiger partial charge in [-0.1, -0.05) is 0 Å². The summed E-state index contributed by atoms with van der Waals surface area (Å²) in [6.45, 7) is 1.72. The van der Waals surface area contributed by atoms with Crippen LogP contribution in [0.3, 0.4) is 0 Å². The van der Waals surface area contributed by atoms with E-state index in [1.54, 1.807) is 11.1 Å². The Bertz CT molecular complexity index is 653. The van der Waals surface area contributed by atoms with E-state index < -0.39 is 11.7 Å². The number of anilines is 1. The third-order valence-corrected chi connectivity index (χ3v) is 3.55. The van der Waals surface area contributed by atoms with Crippen LogP contribution in [0.25, 0.3) is 0 Å². The number of rotatable bonds is 3. The fraction of sp³-hybridized carbons (Fsp3) is 0.462. The summed E-state index contributed by atoms with van der Waals surface area (Å²) in [5.41, 5.74) is 0.0710. The Kier molecular flexibility index (Phi) is 3.73. The third kappa shape index (κ3) is 2.76. The van der Waals surface area contributed by atoms with E-state index in [2.05, 4.69) is 15.0 Å². The summed E-state index contributed by atoms with van der Waals surface area (Å²) < 4.78 is 39.5. The zero-order valence-electron chi connectivity index (χ0n) is 11.6. The highest BCUT2D eigenvalue weighted by molar-refractivity contribution is 5.33. The summed E-state index contributed by atoms with van der Waals surface area (Å²) >= 11 is 0. The molecular formula is C13H14F3N5O. The molecule has 2 aromatic heterocycles. The topological polar surface area (TPSA) is 67.1 Å². The molecule has 0 aromatic carbocycles. The van der Waals surface area contributed by atoms with E-state index in [1.165, 1.54) is 0 Å². The number of alkyl halides is 3. The molecule has 22 heavy (non-hydrogen) atoms. The van der Waals surface area contributed by atoms with Crippen LogP contribution in [-0.4, -0.2) is 37.8 Å². The standard InChI is InChI=1S/C13H14F3N5O/c14-13(15,16)9-5-18-12(19-6-9)20-2-3-21-10(8-20)7-17-11(21)1-4-22/h5-7,22H,1-4,8H2. The lowest BCUT2D eigenvalue weighted by Crippen LogP contribution is -2.35. The smallest absolute Gasteiger partial charge is 0.396 e. The highest BCUT2D eigenvalue weighted by Crippen LogP contribution is 2.28. The molecule has 1 aliphatic heterocycles. The number of aliphatic hydroxyl groups excluding tert-OH is 1. The van der Waals surface area contributed by atoms with Crippen LogP contribution >= 0.6 is 0 Å². The monoisotopic (exact) mass is 313 g/mol. The van der Waals surface area contributed by atoms with Gasteiger partial charge in [-0.05, 0) is 0 Å². The molecule has 0 aliphatic carbocycles. The van der Waals surface area contributed by atoms with Crippen LogP contribution in [0.1, 0.15) is 17.1 Å². The molecule has 0 amide bonds. The van der Waals surface area contributed by atoms with Crippen molar-refractivity contribution >= 4 is 5.95 Å². The first-order valence-electron chi connectivity index (χ1n) is 6.77. The average molecular weight is 313 g/mol. The Morgan fingerprint density at radius 1 is 1.09 bits per heavy atom. The molecule has 3 heterocycles. The minimum atomic E-state index is -4.43. The van der Waals surface area contributed by atoms with Crippen LogP contribution in [0.2, 0.25) is 0 Å². The van der Waals surface area contributed by atoms with E-state index in [9.17, 15) is 13.2 Å². The molecule has 0 saturated heterocycles. The van der Waals surface area contributed by atoms with Gasteiger partial charge in [0.2, 0.25) is 5.95 Å². The fourth-order valence-electron chi connectivity index (χ4n) is 2.45. The van der Waals surface area contributed by atoms with Crippen molar-refractivity contribution in [3.63, 3.8) is 0 Å². The number of hydrogen-bond acceptors (Lipinski definition) is 5. The van der Waals surface area contributed by atoms with Crippen molar-refractivity contribution in [1.29, 1.82) is 0 Å². The van der Waals surface area contributed by atoms with Crippen molar-refractivity contribution in [2.45, 2.75) is 25.7 Å². The van der Waals surface area contributed by atoms with Crippen LogP contribution in [0.4, 0.5) is 19.1 Å². The fourth-order valence-corrected chi connectivity index (χ4v) is 2.45. The summed E-state index contributed by atoms with van der Waals surface area (Å²) in [4.78, 5) is 13.7. The van der Waals surface area contributed by atoms with Crippen molar-refractivity contribution in [2.75, 3.05) is 18.1 Å². The minimum absolute atomic E-state index is 0.0299. The molecule has 6 nitrogen and oxygen atoms in total. The molecule has 9 heteroatoms. The number of nitrogens with zero attached hydrogens (tertiary/aromatic N) is 5. The van der Waals surface area contributed by atoms with Crippen LogP contribution in [-0.2, 0) is 25.7 Å². The van der Waals surface area contributed by atoms with Gasteiger partial charge >= 0.3 is 6.18 Å². The predicted octanol–water partition coefficient (Wildman–Crippen LogP) is 1.25. The average Bonchev–Trinajstić information content (AvgIpc) is 2.89. The molecule has 3 rings (SSSR count). The number of halogens is 3. The molecule has 0 unspecified atom stereocenters. The zero-order chi connectivity index (χ0) is 15.7. The van der Waals surface area contributed by atoms with E-state index in [1.807, 2.05) is 4.57 Å². The van der Waals surface area contributed by atoms with E-state index in [-0.39, 0.29) is 12.6 Å². The minimum Gasteiger partial charge on any atom is -0.396 e. The van der Waals surface area contributed by atoms with Gasteiger partial charge in [-0.2, -0.15) is 13.2 Å². The van der Waals surface area contributed by atoms with Crippen LogP contribution in [0, 0.1) is 0 Å². The van der Waals surface area contributed by atoms with Crippen LogP contribution in [0.15, 0.2) is 18.6 Å². The van der Waals surface area contributed by atoms with E-state index in [0.29, 0.717) is 26.1 Å². The Morgan fingerprint density at radius 2 is 1.82 bits per heavy atom. The van der Waals surface area contributed by atoms with Gasteiger partial charge in [-0.25, -0.2) is 15.0 Å². The van der Waals surface area contributed by atoms with Gasteiger partial charge in [0, 0.05) is 31.9 Å². The predicted molar refractivity (Wildman–Crippen MR) is 71.1 cm³/mol. The molecule has 1 aliphatic rings. The lowest BCUT2D eigenvalue weighted by atomic mass is 10.3. The second kappa shape index (κ2) is 5.56. The summed E-state index contributed by atoms with van der Waals surface area (Å²) in [5, 5.41) is 8.99. The van der Waals surface area contributed by atoms with Gasteiger partial charge in [0.05, 0.1) is 30.6 Å². The molecule has 1 N–H and O–H groups in total. The molecule has 118 valence electrons. The van der Waals surface area contributed by atoms with Crippen LogP contribution in [0.5, 0.6) is 0 Å². The van der Waals surface area contributed by atoms with Gasteiger partial charge in [0.25, 0.3) is 0 Å². The number of aromatic nitrogens is 4. The Balaban J connectivity index is 1.77. The van der Waals surface area contributed by atoms with Gasteiger partial charge in [-0.3, -0.25) is 0 Å². The van der Waals surface area contributed by atoms with Gasteiger partial charge in [-0.15, -0.1) is 0 Å². The second-order valence-electron chi connectivity index (χ2n) is 4.98. The highest BCUT2D eigenvalue weighted by atomic mass is 19.4. The molecule has 0 fully saturated rings. The largest absolute Gasteiger partial charge is 0.419 e. The first-order valence-corrected chi connectivity index (χ1v) is 6.77. The van der Waals surface area contributed by atoms with Crippen molar-refractivity contribution in [3.8, 4) is 0 Å². The summed E-state index contributed by atoms with van der Waals surface area (Å²) in [6.07, 6.45) is -0.646. The van der Waals surface area contributed by atoms with E-state index >= 15 is 0 Å². The Morgan fingerprint density at radius 3 is 2.45 bits per heavy atom. The number of fused-ring (bicyclic) bond motifs is 1. The van der Waals surface area contributed by atoms with Gasteiger partial charge < -0.3 is 14.6 Å². The molecule has 0 saturated carbocycles. The first-order chi connectivity index (χ1) is 10.5. The number of hydrogen-bond donors (Lipinski definition) is 1. The molecule has 0 atom stereocenters. The Labute approximate surface area is 124 Å². The molecule has 2 aromatic rings. The molecule has 0 spiro atoms. The van der Waals surface area contributed by atoms with Crippen molar-refractivity contribution < 1.29 is 18.3 Å². The van der Waals surface area contributed by atoms with Crippen molar-refractivity contribution in [3.05, 3.63) is 35.7 Å². The molecule has 0 radical (unpaired) electrons. The lowest BCUT2D eigenvalue weighted by molar-refractivity contribution is -0.138.